The molecule has 1 fully saturated rings. The summed E-state index contributed by atoms with van der Waals surface area (Å²) in [5.74, 6) is 0.352. The molecule has 0 unspecified atom stereocenters. The number of carbonyl (C=O) groups is 1. The van der Waals surface area contributed by atoms with Gasteiger partial charge in [-0.25, -0.2) is 0 Å². The Morgan fingerprint density at radius 2 is 2.14 bits per heavy atom. The van der Waals surface area contributed by atoms with Crippen molar-refractivity contribution in [1.29, 1.82) is 0 Å². The van der Waals surface area contributed by atoms with Crippen LogP contribution in [0.3, 0.4) is 0 Å². The lowest BCUT2D eigenvalue weighted by atomic mass is 9.99. The Bertz CT molecular complexity index is 706. The Hall–Kier alpha value is -2.10. The van der Waals surface area contributed by atoms with Gasteiger partial charge in [0.05, 0.1) is 18.2 Å². The van der Waals surface area contributed by atoms with Crippen LogP contribution in [0.4, 0.5) is 0 Å². The predicted molar refractivity (Wildman–Crippen MR) is 84.4 cm³/mol. The van der Waals surface area contributed by atoms with E-state index in [0.717, 1.165) is 32.2 Å². The normalized spacial score (nSPS) is 23.8. The van der Waals surface area contributed by atoms with Crippen LogP contribution >= 0.6 is 0 Å². The Morgan fingerprint density at radius 3 is 2.95 bits per heavy atom. The number of aromatic nitrogens is 2. The number of nitrogens with zero attached hydrogens (tertiary/aromatic N) is 3. The summed E-state index contributed by atoms with van der Waals surface area (Å²) >= 11 is 0. The SMILES string of the molecule is Cn1cc([C@@H]2CCCN2C(=O)[C@H]2CCc3ccccc32)cn1. The third kappa shape index (κ3) is 2.14. The highest BCUT2D eigenvalue weighted by Crippen LogP contribution is 2.39. The number of aryl methyl sites for hydroxylation is 2. The Kier molecular flexibility index (Phi) is 3.25. The minimum absolute atomic E-state index is 0.0495. The summed E-state index contributed by atoms with van der Waals surface area (Å²) in [7, 11) is 1.93. The Morgan fingerprint density at radius 1 is 1.27 bits per heavy atom. The molecule has 2 heterocycles. The summed E-state index contributed by atoms with van der Waals surface area (Å²) < 4.78 is 1.82. The molecule has 2 atom stereocenters. The lowest BCUT2D eigenvalue weighted by Gasteiger charge is -2.27. The monoisotopic (exact) mass is 295 g/mol. The van der Waals surface area contributed by atoms with Crippen LogP contribution in [0.2, 0.25) is 0 Å². The molecule has 1 amide bonds. The second-order valence-electron chi connectivity index (χ2n) is 6.43. The first kappa shape index (κ1) is 13.6. The van der Waals surface area contributed by atoms with Gasteiger partial charge in [-0.05, 0) is 36.8 Å². The Labute approximate surface area is 130 Å². The quantitative estimate of drug-likeness (QED) is 0.854. The molecule has 1 aliphatic heterocycles. The zero-order valence-electron chi connectivity index (χ0n) is 12.9. The van der Waals surface area contributed by atoms with Gasteiger partial charge in [-0.1, -0.05) is 24.3 Å². The van der Waals surface area contributed by atoms with Crippen molar-refractivity contribution in [3.05, 3.63) is 53.3 Å². The Balaban J connectivity index is 1.60. The van der Waals surface area contributed by atoms with E-state index < -0.39 is 0 Å². The number of rotatable bonds is 2. The molecule has 4 rings (SSSR count). The maximum Gasteiger partial charge on any atom is 0.230 e. The average molecular weight is 295 g/mol. The highest BCUT2D eigenvalue weighted by molar-refractivity contribution is 5.85. The molecule has 0 spiro atoms. The molecular weight excluding hydrogens is 274 g/mol. The second kappa shape index (κ2) is 5.27. The van der Waals surface area contributed by atoms with Crippen LogP contribution in [0.15, 0.2) is 36.7 Å². The molecule has 0 bridgehead atoms. The molecular formula is C18H21N3O. The molecule has 1 saturated heterocycles. The van der Waals surface area contributed by atoms with Gasteiger partial charge >= 0.3 is 0 Å². The number of carbonyl (C=O) groups excluding carboxylic acids is 1. The fourth-order valence-electron chi connectivity index (χ4n) is 4.00. The number of likely N-dealkylation sites (tertiary alicyclic amines) is 1. The van der Waals surface area contributed by atoms with E-state index >= 15 is 0 Å². The van der Waals surface area contributed by atoms with E-state index in [4.69, 9.17) is 0 Å². The number of benzene rings is 1. The molecule has 0 saturated carbocycles. The van der Waals surface area contributed by atoms with Crippen molar-refractivity contribution in [1.82, 2.24) is 14.7 Å². The summed E-state index contributed by atoms with van der Waals surface area (Å²) in [4.78, 5) is 15.2. The van der Waals surface area contributed by atoms with Crippen LogP contribution in [-0.2, 0) is 18.3 Å². The van der Waals surface area contributed by atoms with Crippen molar-refractivity contribution in [2.24, 2.45) is 7.05 Å². The number of amides is 1. The first-order valence-corrected chi connectivity index (χ1v) is 8.11. The molecule has 22 heavy (non-hydrogen) atoms. The molecule has 114 valence electrons. The van der Waals surface area contributed by atoms with Gasteiger partial charge in [0.2, 0.25) is 5.91 Å². The van der Waals surface area contributed by atoms with Gasteiger partial charge in [-0.3, -0.25) is 9.48 Å². The van der Waals surface area contributed by atoms with E-state index in [2.05, 4.69) is 28.2 Å². The van der Waals surface area contributed by atoms with Gasteiger partial charge in [0.25, 0.3) is 0 Å². The van der Waals surface area contributed by atoms with E-state index in [9.17, 15) is 4.79 Å². The second-order valence-corrected chi connectivity index (χ2v) is 6.43. The standard InChI is InChI=1S/C18H21N3O/c1-20-12-14(11-19-20)17-7-4-10-21(17)18(22)16-9-8-13-5-2-3-6-15(13)16/h2-3,5-6,11-12,16-17H,4,7-10H2,1H3/t16-,17-/m0/s1. The van der Waals surface area contributed by atoms with E-state index in [1.165, 1.54) is 16.7 Å². The molecule has 0 N–H and O–H groups in total. The van der Waals surface area contributed by atoms with Crippen LogP contribution < -0.4 is 0 Å². The first-order chi connectivity index (χ1) is 10.7. The molecule has 1 aromatic heterocycles. The minimum Gasteiger partial charge on any atom is -0.335 e. The topological polar surface area (TPSA) is 38.1 Å². The third-order valence-corrected chi connectivity index (χ3v) is 5.08. The molecule has 4 heteroatoms. The van der Waals surface area contributed by atoms with Crippen molar-refractivity contribution in [2.75, 3.05) is 6.54 Å². The summed E-state index contributed by atoms with van der Waals surface area (Å²) in [5.41, 5.74) is 3.75. The van der Waals surface area contributed by atoms with Gasteiger partial charge < -0.3 is 4.90 Å². The van der Waals surface area contributed by atoms with Crippen LogP contribution in [-0.4, -0.2) is 27.1 Å². The molecule has 2 aliphatic rings. The average Bonchev–Trinajstić information content (AvgIpc) is 3.25. The lowest BCUT2D eigenvalue weighted by molar-refractivity contribution is -0.133. The predicted octanol–water partition coefficient (Wildman–Crippen LogP) is 2.81. The van der Waals surface area contributed by atoms with E-state index in [0.29, 0.717) is 5.91 Å². The zero-order valence-corrected chi connectivity index (χ0v) is 12.9. The maximum absolute atomic E-state index is 13.1. The van der Waals surface area contributed by atoms with E-state index in [1.807, 2.05) is 30.2 Å². The van der Waals surface area contributed by atoms with Crippen molar-refractivity contribution in [3.63, 3.8) is 0 Å². The largest absolute Gasteiger partial charge is 0.335 e. The zero-order chi connectivity index (χ0) is 15.1. The summed E-state index contributed by atoms with van der Waals surface area (Å²) in [5, 5.41) is 4.27. The molecule has 1 aliphatic carbocycles. The van der Waals surface area contributed by atoms with Crippen molar-refractivity contribution >= 4 is 5.91 Å². The fraction of sp³-hybridized carbons (Fsp3) is 0.444. The van der Waals surface area contributed by atoms with Crippen LogP contribution in [0, 0.1) is 0 Å². The smallest absolute Gasteiger partial charge is 0.230 e. The van der Waals surface area contributed by atoms with Gasteiger partial charge in [-0.2, -0.15) is 5.10 Å². The highest BCUT2D eigenvalue weighted by Gasteiger charge is 2.37. The summed E-state index contributed by atoms with van der Waals surface area (Å²) in [6.45, 7) is 0.872. The highest BCUT2D eigenvalue weighted by atomic mass is 16.2. The van der Waals surface area contributed by atoms with Gasteiger partial charge in [0, 0.05) is 25.4 Å². The van der Waals surface area contributed by atoms with Gasteiger partial charge in [0.15, 0.2) is 0 Å². The molecule has 4 nitrogen and oxygen atoms in total. The van der Waals surface area contributed by atoms with Crippen LogP contribution in [0.25, 0.3) is 0 Å². The maximum atomic E-state index is 13.1. The molecule has 0 radical (unpaired) electrons. The first-order valence-electron chi connectivity index (χ1n) is 8.11. The van der Waals surface area contributed by atoms with E-state index in [-0.39, 0.29) is 12.0 Å². The van der Waals surface area contributed by atoms with Gasteiger partial charge in [0.1, 0.15) is 0 Å². The summed E-state index contributed by atoms with van der Waals surface area (Å²) in [6.07, 6.45) is 8.05. The van der Waals surface area contributed by atoms with Gasteiger partial charge in [-0.15, -0.1) is 0 Å². The van der Waals surface area contributed by atoms with Crippen molar-refractivity contribution in [2.45, 2.75) is 37.6 Å². The number of fused-ring (bicyclic) bond motifs is 1. The lowest BCUT2D eigenvalue weighted by Crippen LogP contribution is -2.34. The fourth-order valence-corrected chi connectivity index (χ4v) is 4.00. The van der Waals surface area contributed by atoms with E-state index in [1.54, 1.807) is 0 Å². The van der Waals surface area contributed by atoms with Crippen molar-refractivity contribution in [3.8, 4) is 0 Å². The van der Waals surface area contributed by atoms with Crippen molar-refractivity contribution < 1.29 is 4.79 Å². The van der Waals surface area contributed by atoms with Crippen LogP contribution in [0.5, 0.6) is 0 Å². The third-order valence-electron chi connectivity index (χ3n) is 5.08. The van der Waals surface area contributed by atoms with Crippen LogP contribution in [0.1, 0.15) is 47.9 Å². The molecule has 2 aromatic rings. The number of hydrogen-bond donors (Lipinski definition) is 0. The minimum atomic E-state index is 0.0495. The number of hydrogen-bond acceptors (Lipinski definition) is 2. The summed E-state index contributed by atoms with van der Waals surface area (Å²) in [6, 6.07) is 8.60. The molecule has 1 aromatic carbocycles.